The number of fused-ring (bicyclic) bond motifs is 1. The quantitative estimate of drug-likeness (QED) is 0.425. The van der Waals surface area contributed by atoms with Gasteiger partial charge in [0.1, 0.15) is 6.33 Å². The molecule has 39 heavy (non-hydrogen) atoms. The predicted molar refractivity (Wildman–Crippen MR) is 148 cm³/mol. The highest BCUT2D eigenvalue weighted by Gasteiger charge is 2.34. The van der Waals surface area contributed by atoms with E-state index in [-0.39, 0.29) is 31.5 Å². The Kier molecular flexibility index (Phi) is 7.84. The average Bonchev–Trinajstić information content (AvgIpc) is 3.29. The number of imide groups is 1. The number of urea groups is 1. The number of carbonyl (C=O) groups excluding carboxylic acids is 2. The van der Waals surface area contributed by atoms with E-state index in [9.17, 15) is 18.4 Å². The lowest BCUT2D eigenvalue weighted by Crippen LogP contribution is -2.52. The van der Waals surface area contributed by atoms with Gasteiger partial charge < -0.3 is 15.1 Å². The van der Waals surface area contributed by atoms with Crippen LogP contribution in [0.1, 0.15) is 29.3 Å². The minimum atomic E-state index is -2.66. The molecule has 3 amide bonds. The second-order valence-corrected chi connectivity index (χ2v) is 11.5. The van der Waals surface area contributed by atoms with Crippen LogP contribution in [-0.2, 0) is 17.9 Å². The highest BCUT2D eigenvalue weighted by atomic mass is 35.5. The Balaban J connectivity index is 1.50. The lowest BCUT2D eigenvalue weighted by Gasteiger charge is -2.38. The fourth-order valence-corrected chi connectivity index (χ4v) is 6.52. The van der Waals surface area contributed by atoms with Gasteiger partial charge in [-0.05, 0) is 43.2 Å². The van der Waals surface area contributed by atoms with E-state index in [4.69, 9.17) is 11.6 Å². The van der Waals surface area contributed by atoms with E-state index in [1.165, 1.54) is 17.7 Å². The number of halogens is 3. The van der Waals surface area contributed by atoms with Crippen LogP contribution in [-0.4, -0.2) is 75.3 Å². The van der Waals surface area contributed by atoms with Crippen LogP contribution >= 0.6 is 22.9 Å². The maximum atomic E-state index is 12.9. The molecular weight excluding hydrogens is 546 g/mol. The van der Waals surface area contributed by atoms with Crippen molar-refractivity contribution in [2.45, 2.75) is 45.8 Å². The highest BCUT2D eigenvalue weighted by molar-refractivity contribution is 7.19. The van der Waals surface area contributed by atoms with Gasteiger partial charge in [-0.15, -0.1) is 11.3 Å². The van der Waals surface area contributed by atoms with Crippen molar-refractivity contribution < 1.29 is 18.4 Å². The second kappa shape index (κ2) is 11.1. The lowest BCUT2D eigenvalue weighted by molar-refractivity contribution is -0.131. The molecule has 3 aromatic rings. The topological polar surface area (TPSA) is 81.7 Å². The zero-order valence-electron chi connectivity index (χ0n) is 21.7. The number of aromatic nitrogens is 2. The van der Waals surface area contributed by atoms with Crippen molar-refractivity contribution in [3.05, 3.63) is 57.8 Å². The predicted octanol–water partition coefficient (Wildman–Crippen LogP) is 5.05. The van der Waals surface area contributed by atoms with Gasteiger partial charge in [0.05, 0.1) is 29.0 Å². The molecule has 4 heterocycles. The molecule has 0 radical (unpaired) electrons. The number of nitrogens with one attached hydrogen (secondary N) is 1. The Morgan fingerprint density at radius 1 is 1.23 bits per heavy atom. The molecule has 1 aromatic carbocycles. The molecular formula is C27H29ClF2N6O2S. The van der Waals surface area contributed by atoms with E-state index >= 15 is 0 Å². The largest absolute Gasteiger partial charge is 0.366 e. The van der Waals surface area contributed by atoms with E-state index in [2.05, 4.69) is 33.7 Å². The number of alkyl halides is 2. The van der Waals surface area contributed by atoms with Crippen molar-refractivity contribution in [3.63, 3.8) is 0 Å². The van der Waals surface area contributed by atoms with E-state index in [1.54, 1.807) is 0 Å². The highest BCUT2D eigenvalue weighted by Crippen LogP contribution is 2.38. The summed E-state index contributed by atoms with van der Waals surface area (Å²) >= 11 is 7.90. The third-order valence-corrected chi connectivity index (χ3v) is 8.49. The van der Waals surface area contributed by atoms with Crippen LogP contribution in [0.15, 0.2) is 36.8 Å². The van der Waals surface area contributed by atoms with Crippen molar-refractivity contribution in [2.24, 2.45) is 0 Å². The van der Waals surface area contributed by atoms with E-state index in [0.717, 1.165) is 50.0 Å². The molecule has 8 nitrogen and oxygen atoms in total. The number of carbonyl (C=O) groups is 2. The molecule has 0 bridgehead atoms. The van der Waals surface area contributed by atoms with Crippen molar-refractivity contribution in [3.8, 4) is 11.3 Å². The van der Waals surface area contributed by atoms with E-state index in [0.29, 0.717) is 27.7 Å². The zero-order chi connectivity index (χ0) is 27.8. The van der Waals surface area contributed by atoms with Crippen LogP contribution in [0.25, 0.3) is 21.5 Å². The molecule has 2 saturated heterocycles. The number of hydrogen-bond donors (Lipinski definition) is 1. The standard InChI is InChI=1S/C27H29ClF2N6O2S/c1-15-6-18(28)7-20(21(15)12-35-16(2)9-31-10-17(35)3)25-26-22(32-14-33-25)8-19(39-26)11-36-24(37)4-5-34(27(36)38)13-23(29)30/h6-8,14,17,23,31H,2,4-5,9-13H2,1,3H3/t17-/m0/s1. The van der Waals surface area contributed by atoms with Gasteiger partial charge in [0, 0.05) is 59.8 Å². The summed E-state index contributed by atoms with van der Waals surface area (Å²) in [6.45, 7) is 9.93. The molecule has 1 atom stereocenters. The van der Waals surface area contributed by atoms with Crippen molar-refractivity contribution in [1.29, 1.82) is 0 Å². The number of nitrogens with zero attached hydrogens (tertiary/aromatic N) is 5. The summed E-state index contributed by atoms with van der Waals surface area (Å²) in [5.41, 5.74) is 5.38. The molecule has 12 heteroatoms. The smallest absolute Gasteiger partial charge is 0.327 e. The van der Waals surface area contributed by atoms with Gasteiger partial charge in [0.15, 0.2) is 0 Å². The number of thiophene rings is 1. The van der Waals surface area contributed by atoms with Crippen LogP contribution in [0.4, 0.5) is 13.6 Å². The molecule has 5 rings (SSSR count). The monoisotopic (exact) mass is 574 g/mol. The van der Waals surface area contributed by atoms with Crippen molar-refractivity contribution >= 4 is 45.1 Å². The molecule has 2 fully saturated rings. The minimum absolute atomic E-state index is 0.00440. The fraction of sp³-hybridized carbons (Fsp3) is 0.407. The molecule has 2 aliphatic heterocycles. The van der Waals surface area contributed by atoms with Gasteiger partial charge >= 0.3 is 6.03 Å². The van der Waals surface area contributed by atoms with Crippen LogP contribution in [0.2, 0.25) is 5.02 Å². The van der Waals surface area contributed by atoms with Crippen LogP contribution in [0, 0.1) is 6.92 Å². The normalized spacial score (nSPS) is 18.7. The number of amides is 3. The number of hydrogen-bond acceptors (Lipinski definition) is 7. The molecule has 0 aliphatic carbocycles. The first-order valence-corrected chi connectivity index (χ1v) is 13.9. The second-order valence-electron chi connectivity index (χ2n) is 9.92. The first-order valence-electron chi connectivity index (χ1n) is 12.7. The first-order chi connectivity index (χ1) is 18.6. The first kappa shape index (κ1) is 27.4. The Morgan fingerprint density at radius 2 is 2.03 bits per heavy atom. The Bertz CT molecular complexity index is 1450. The molecule has 206 valence electrons. The average molecular weight is 575 g/mol. The molecule has 2 aliphatic rings. The Morgan fingerprint density at radius 3 is 2.77 bits per heavy atom. The number of rotatable bonds is 7. The van der Waals surface area contributed by atoms with Crippen molar-refractivity contribution in [1.82, 2.24) is 30.0 Å². The fourth-order valence-electron chi connectivity index (χ4n) is 5.14. The van der Waals surface area contributed by atoms with Gasteiger partial charge in [-0.25, -0.2) is 23.5 Å². The third kappa shape index (κ3) is 5.61. The third-order valence-electron chi connectivity index (χ3n) is 7.16. The zero-order valence-corrected chi connectivity index (χ0v) is 23.3. The lowest BCUT2D eigenvalue weighted by atomic mass is 9.97. The Labute approximate surface area is 234 Å². The summed E-state index contributed by atoms with van der Waals surface area (Å²) in [5.74, 6) is -0.382. The van der Waals surface area contributed by atoms with Gasteiger partial charge in [0.2, 0.25) is 5.91 Å². The summed E-state index contributed by atoms with van der Waals surface area (Å²) in [7, 11) is 0. The number of benzene rings is 1. The summed E-state index contributed by atoms with van der Waals surface area (Å²) < 4.78 is 26.7. The van der Waals surface area contributed by atoms with Gasteiger partial charge in [-0.3, -0.25) is 9.69 Å². The summed E-state index contributed by atoms with van der Waals surface area (Å²) in [4.78, 5) is 39.4. The summed E-state index contributed by atoms with van der Waals surface area (Å²) in [6, 6.07) is 5.22. The molecule has 0 spiro atoms. The van der Waals surface area contributed by atoms with Crippen LogP contribution in [0.3, 0.4) is 0 Å². The maximum Gasteiger partial charge on any atom is 0.327 e. The van der Waals surface area contributed by atoms with E-state index in [1.807, 2.05) is 25.1 Å². The molecule has 0 unspecified atom stereocenters. The minimum Gasteiger partial charge on any atom is -0.366 e. The summed E-state index contributed by atoms with van der Waals surface area (Å²) in [5, 5.41) is 3.96. The van der Waals surface area contributed by atoms with E-state index < -0.39 is 19.0 Å². The van der Waals surface area contributed by atoms with Gasteiger partial charge in [-0.1, -0.05) is 18.2 Å². The van der Waals surface area contributed by atoms with Gasteiger partial charge in [-0.2, -0.15) is 0 Å². The maximum absolute atomic E-state index is 12.9. The molecule has 1 N–H and O–H groups in total. The summed E-state index contributed by atoms with van der Waals surface area (Å²) in [6.07, 6.45) is -1.17. The SMILES string of the molecule is C=C1CNC[C@H](C)N1Cc1c(C)cc(Cl)cc1-c1ncnc2cc(CN3C(=O)CCN(CC(F)F)C3=O)sc12. The molecule has 0 saturated carbocycles. The van der Waals surface area contributed by atoms with Crippen LogP contribution < -0.4 is 5.32 Å². The van der Waals surface area contributed by atoms with Crippen molar-refractivity contribution in [2.75, 3.05) is 26.2 Å². The number of piperazine rings is 1. The number of aryl methyl sites for hydroxylation is 1. The molecule has 2 aromatic heterocycles. The van der Waals surface area contributed by atoms with Gasteiger partial charge in [0.25, 0.3) is 6.43 Å². The van der Waals surface area contributed by atoms with Crippen LogP contribution in [0.5, 0.6) is 0 Å². The Hall–Kier alpha value is -3.15.